The highest BCUT2D eigenvalue weighted by atomic mass is 32.2. The number of carbonyl (C=O) groups is 1. The average Bonchev–Trinajstić information content (AvgIpc) is 3.40. The van der Waals surface area contributed by atoms with Crippen LogP contribution in [0.5, 0.6) is 0 Å². The Morgan fingerprint density at radius 3 is 2.73 bits per heavy atom. The summed E-state index contributed by atoms with van der Waals surface area (Å²) in [5.41, 5.74) is 2.33. The Hall–Kier alpha value is -3.39. The molecule has 0 aliphatic heterocycles. The fourth-order valence-corrected chi connectivity index (χ4v) is 3.68. The molecule has 1 N–H and O–H groups in total. The Morgan fingerprint density at radius 1 is 1.13 bits per heavy atom. The zero-order valence-corrected chi connectivity index (χ0v) is 17.0. The van der Waals surface area contributed by atoms with Crippen LogP contribution in [0.25, 0.3) is 11.6 Å². The maximum absolute atomic E-state index is 13.5. The Bertz CT molecular complexity index is 1140. The fourth-order valence-electron chi connectivity index (χ4n) is 2.94. The van der Waals surface area contributed by atoms with Crippen molar-refractivity contribution in [1.29, 1.82) is 0 Å². The van der Waals surface area contributed by atoms with Crippen molar-refractivity contribution in [3.8, 4) is 11.6 Å². The number of nitrogens with zero attached hydrogens (tertiary/aromatic N) is 3. The third kappa shape index (κ3) is 4.60. The number of aromatic nitrogens is 3. The highest BCUT2D eigenvalue weighted by Gasteiger charge is 2.18. The van der Waals surface area contributed by atoms with Crippen molar-refractivity contribution >= 4 is 23.4 Å². The third-order valence-corrected chi connectivity index (χ3v) is 5.41. The molecule has 2 aromatic carbocycles. The number of nitrogens with one attached hydrogen (secondary N) is 1. The number of thioether (sulfide) groups is 1. The lowest BCUT2D eigenvalue weighted by Crippen LogP contribution is -2.15. The first-order chi connectivity index (χ1) is 14.6. The van der Waals surface area contributed by atoms with Gasteiger partial charge in [0.1, 0.15) is 5.82 Å². The number of aryl methyl sites for hydroxylation is 1. The van der Waals surface area contributed by atoms with E-state index in [4.69, 9.17) is 4.42 Å². The predicted octanol–water partition coefficient (Wildman–Crippen LogP) is 4.76. The predicted molar refractivity (Wildman–Crippen MR) is 114 cm³/mol. The zero-order chi connectivity index (χ0) is 20.9. The minimum absolute atomic E-state index is 0.112. The maximum atomic E-state index is 13.5. The molecule has 2 aromatic heterocycles. The van der Waals surface area contributed by atoms with Crippen molar-refractivity contribution in [3.05, 3.63) is 83.9 Å². The molecule has 4 rings (SSSR count). The van der Waals surface area contributed by atoms with Crippen molar-refractivity contribution in [3.63, 3.8) is 0 Å². The lowest BCUT2D eigenvalue weighted by atomic mass is 10.2. The highest BCUT2D eigenvalue weighted by molar-refractivity contribution is 7.99. The molecule has 4 aromatic rings. The smallest absolute Gasteiger partial charge is 0.234 e. The van der Waals surface area contributed by atoms with Crippen LogP contribution in [0.3, 0.4) is 0 Å². The number of carbonyl (C=O) groups excluding carboxylic acids is 1. The topological polar surface area (TPSA) is 73.0 Å². The molecular formula is C22H19FN4O2S. The molecule has 8 heteroatoms. The van der Waals surface area contributed by atoms with Gasteiger partial charge in [0, 0.05) is 5.69 Å². The van der Waals surface area contributed by atoms with Crippen molar-refractivity contribution in [2.75, 3.05) is 11.1 Å². The van der Waals surface area contributed by atoms with Crippen molar-refractivity contribution < 1.29 is 13.6 Å². The number of rotatable bonds is 7. The number of anilines is 1. The molecule has 1 amide bonds. The molecule has 0 spiro atoms. The molecule has 0 aliphatic carbocycles. The van der Waals surface area contributed by atoms with E-state index in [2.05, 4.69) is 15.5 Å². The molecular weight excluding hydrogens is 403 g/mol. The highest BCUT2D eigenvalue weighted by Crippen LogP contribution is 2.26. The van der Waals surface area contributed by atoms with Gasteiger partial charge in [0.25, 0.3) is 0 Å². The van der Waals surface area contributed by atoms with Gasteiger partial charge >= 0.3 is 0 Å². The van der Waals surface area contributed by atoms with E-state index in [9.17, 15) is 9.18 Å². The van der Waals surface area contributed by atoms with Crippen molar-refractivity contribution in [1.82, 2.24) is 14.8 Å². The number of benzene rings is 2. The minimum Gasteiger partial charge on any atom is -0.461 e. The van der Waals surface area contributed by atoms with Gasteiger partial charge < -0.3 is 9.73 Å². The Balaban J connectivity index is 1.52. The molecule has 0 aliphatic rings. The van der Waals surface area contributed by atoms with Crippen molar-refractivity contribution in [2.45, 2.75) is 18.6 Å². The van der Waals surface area contributed by atoms with Crippen LogP contribution in [0.4, 0.5) is 10.1 Å². The van der Waals surface area contributed by atoms with Gasteiger partial charge in [0.15, 0.2) is 10.9 Å². The number of furan rings is 1. The van der Waals surface area contributed by atoms with Crippen LogP contribution in [0.15, 0.2) is 76.5 Å². The van der Waals surface area contributed by atoms with Crippen LogP contribution in [0.1, 0.15) is 11.1 Å². The SMILES string of the molecule is Cc1ccc(F)cc1NC(=O)CSc1nnc(-c2ccco2)n1Cc1ccccc1. The summed E-state index contributed by atoms with van der Waals surface area (Å²) in [5, 5.41) is 11.9. The number of hydrogen-bond acceptors (Lipinski definition) is 5. The van der Waals surface area contributed by atoms with Crippen LogP contribution < -0.4 is 5.32 Å². The summed E-state index contributed by atoms with van der Waals surface area (Å²) < 4.78 is 20.9. The van der Waals surface area contributed by atoms with Gasteiger partial charge in [-0.2, -0.15) is 0 Å². The van der Waals surface area contributed by atoms with Gasteiger partial charge in [-0.15, -0.1) is 10.2 Å². The molecule has 152 valence electrons. The molecule has 0 saturated heterocycles. The van der Waals surface area contributed by atoms with E-state index in [0.29, 0.717) is 29.0 Å². The number of halogens is 1. The molecule has 0 saturated carbocycles. The summed E-state index contributed by atoms with van der Waals surface area (Å²) in [6.45, 7) is 2.35. The normalized spacial score (nSPS) is 10.9. The minimum atomic E-state index is -0.394. The molecule has 30 heavy (non-hydrogen) atoms. The summed E-state index contributed by atoms with van der Waals surface area (Å²) in [5.74, 6) is 0.663. The summed E-state index contributed by atoms with van der Waals surface area (Å²) in [4.78, 5) is 12.4. The van der Waals surface area contributed by atoms with Crippen LogP contribution in [-0.4, -0.2) is 26.4 Å². The summed E-state index contributed by atoms with van der Waals surface area (Å²) in [6.07, 6.45) is 1.58. The van der Waals surface area contributed by atoms with Gasteiger partial charge in [0.05, 0.1) is 18.6 Å². The summed E-state index contributed by atoms with van der Waals surface area (Å²) in [6, 6.07) is 17.8. The third-order valence-electron chi connectivity index (χ3n) is 4.45. The number of amides is 1. The van der Waals surface area contributed by atoms with Gasteiger partial charge in [-0.05, 0) is 42.3 Å². The average molecular weight is 422 g/mol. The van der Waals surface area contributed by atoms with E-state index in [1.807, 2.05) is 47.9 Å². The Kier molecular flexibility index (Phi) is 5.94. The van der Waals surface area contributed by atoms with E-state index >= 15 is 0 Å². The summed E-state index contributed by atoms with van der Waals surface area (Å²) >= 11 is 1.26. The quantitative estimate of drug-likeness (QED) is 0.435. The van der Waals surface area contributed by atoms with Crippen LogP contribution in [-0.2, 0) is 11.3 Å². The molecule has 0 fully saturated rings. The second-order valence-corrected chi connectivity index (χ2v) is 7.59. The Labute approximate surface area is 177 Å². The standard InChI is InChI=1S/C22H19FN4O2S/c1-15-9-10-17(23)12-18(15)24-20(28)14-30-22-26-25-21(19-8-5-11-29-19)27(22)13-16-6-3-2-4-7-16/h2-12H,13-14H2,1H3,(H,24,28). The lowest BCUT2D eigenvalue weighted by molar-refractivity contribution is -0.113. The first-order valence-electron chi connectivity index (χ1n) is 9.30. The summed E-state index contributed by atoms with van der Waals surface area (Å²) in [7, 11) is 0. The first kappa shape index (κ1) is 19.9. The molecule has 0 atom stereocenters. The van der Waals surface area contributed by atoms with Crippen molar-refractivity contribution in [2.24, 2.45) is 0 Å². The van der Waals surface area contributed by atoms with E-state index in [1.165, 1.54) is 23.9 Å². The fraction of sp³-hybridized carbons (Fsp3) is 0.136. The van der Waals surface area contributed by atoms with Crippen LogP contribution in [0.2, 0.25) is 0 Å². The van der Waals surface area contributed by atoms with Crippen LogP contribution >= 0.6 is 11.8 Å². The van der Waals surface area contributed by atoms with Gasteiger partial charge in [0.2, 0.25) is 11.7 Å². The first-order valence-corrected chi connectivity index (χ1v) is 10.3. The molecule has 0 bridgehead atoms. The maximum Gasteiger partial charge on any atom is 0.234 e. The molecule has 2 heterocycles. The second kappa shape index (κ2) is 8.96. The van der Waals surface area contributed by atoms with Gasteiger partial charge in [-0.3, -0.25) is 9.36 Å². The van der Waals surface area contributed by atoms with Gasteiger partial charge in [-0.25, -0.2) is 4.39 Å². The second-order valence-electron chi connectivity index (χ2n) is 6.65. The zero-order valence-electron chi connectivity index (χ0n) is 16.2. The number of hydrogen-bond donors (Lipinski definition) is 1. The molecule has 0 radical (unpaired) electrons. The lowest BCUT2D eigenvalue weighted by Gasteiger charge is -2.10. The van der Waals surface area contributed by atoms with E-state index in [0.717, 1.165) is 11.1 Å². The van der Waals surface area contributed by atoms with E-state index in [1.54, 1.807) is 18.4 Å². The molecule has 6 nitrogen and oxygen atoms in total. The monoisotopic (exact) mass is 422 g/mol. The largest absolute Gasteiger partial charge is 0.461 e. The van der Waals surface area contributed by atoms with Crippen LogP contribution in [0, 0.1) is 12.7 Å². The van der Waals surface area contributed by atoms with E-state index < -0.39 is 5.82 Å². The molecule has 0 unspecified atom stereocenters. The Morgan fingerprint density at radius 2 is 1.97 bits per heavy atom. The van der Waals surface area contributed by atoms with Gasteiger partial charge in [-0.1, -0.05) is 48.2 Å². The van der Waals surface area contributed by atoms with E-state index in [-0.39, 0.29) is 11.7 Å².